The van der Waals surface area contributed by atoms with Crippen LogP contribution >= 0.6 is 23.8 Å². The highest BCUT2D eigenvalue weighted by Crippen LogP contribution is 2.25. The van der Waals surface area contributed by atoms with Gasteiger partial charge in [0, 0.05) is 17.5 Å². The number of hydrogen-bond acceptors (Lipinski definition) is 3. The van der Waals surface area contributed by atoms with Crippen molar-refractivity contribution in [2.75, 3.05) is 10.6 Å². The molecule has 22 heavy (non-hydrogen) atoms. The van der Waals surface area contributed by atoms with Crippen LogP contribution in [0.2, 0.25) is 5.02 Å². The fourth-order valence-corrected chi connectivity index (χ4v) is 1.76. The van der Waals surface area contributed by atoms with Gasteiger partial charge in [0.25, 0.3) is 0 Å². The van der Waals surface area contributed by atoms with Crippen LogP contribution in [-0.2, 0) is 9.59 Å². The zero-order valence-electron chi connectivity index (χ0n) is 13.0. The molecular formula is C15H20ClN3O2S. The van der Waals surface area contributed by atoms with Crippen LogP contribution in [0, 0.1) is 5.41 Å². The van der Waals surface area contributed by atoms with E-state index in [0.29, 0.717) is 22.8 Å². The Bertz CT molecular complexity index is 597. The van der Waals surface area contributed by atoms with E-state index in [4.69, 9.17) is 23.8 Å². The highest BCUT2D eigenvalue weighted by Gasteiger charge is 2.22. The van der Waals surface area contributed by atoms with E-state index >= 15 is 0 Å². The van der Waals surface area contributed by atoms with E-state index in [-0.39, 0.29) is 16.9 Å². The average molecular weight is 342 g/mol. The number of benzene rings is 1. The molecule has 0 aliphatic carbocycles. The SMILES string of the molecule is CCC(=O)Nc1ccc(Cl)c(NC(=S)NC(=O)C(C)(C)C)c1. The molecule has 0 aliphatic rings. The van der Waals surface area contributed by atoms with E-state index in [1.54, 1.807) is 45.9 Å². The lowest BCUT2D eigenvalue weighted by molar-refractivity contribution is -0.126. The van der Waals surface area contributed by atoms with Gasteiger partial charge in [-0.15, -0.1) is 0 Å². The molecule has 5 nitrogen and oxygen atoms in total. The Morgan fingerprint density at radius 3 is 2.41 bits per heavy atom. The molecule has 0 aliphatic heterocycles. The minimum atomic E-state index is -0.549. The average Bonchev–Trinajstić information content (AvgIpc) is 2.41. The molecule has 7 heteroatoms. The number of carbonyl (C=O) groups is 2. The summed E-state index contributed by atoms with van der Waals surface area (Å²) in [7, 11) is 0. The van der Waals surface area contributed by atoms with Crippen LogP contribution in [0.25, 0.3) is 0 Å². The van der Waals surface area contributed by atoms with E-state index < -0.39 is 5.41 Å². The number of carbonyl (C=O) groups excluding carboxylic acids is 2. The van der Waals surface area contributed by atoms with Crippen molar-refractivity contribution in [2.45, 2.75) is 34.1 Å². The maximum atomic E-state index is 11.9. The normalized spacial score (nSPS) is 10.8. The topological polar surface area (TPSA) is 70.2 Å². The van der Waals surface area contributed by atoms with Gasteiger partial charge in [-0.1, -0.05) is 39.3 Å². The van der Waals surface area contributed by atoms with Gasteiger partial charge in [-0.2, -0.15) is 0 Å². The van der Waals surface area contributed by atoms with Gasteiger partial charge < -0.3 is 16.0 Å². The maximum Gasteiger partial charge on any atom is 0.231 e. The molecule has 120 valence electrons. The largest absolute Gasteiger partial charge is 0.331 e. The van der Waals surface area contributed by atoms with Crippen LogP contribution < -0.4 is 16.0 Å². The number of anilines is 2. The first-order valence-corrected chi connectivity index (χ1v) is 7.64. The summed E-state index contributed by atoms with van der Waals surface area (Å²) in [6, 6.07) is 4.99. The smallest absolute Gasteiger partial charge is 0.231 e. The summed E-state index contributed by atoms with van der Waals surface area (Å²) >= 11 is 11.2. The first-order valence-electron chi connectivity index (χ1n) is 6.85. The Kier molecular flexibility index (Phi) is 6.32. The van der Waals surface area contributed by atoms with Crippen LogP contribution in [0.5, 0.6) is 0 Å². The molecule has 0 spiro atoms. The molecule has 1 rings (SSSR count). The van der Waals surface area contributed by atoms with Crippen molar-refractivity contribution in [2.24, 2.45) is 5.41 Å². The van der Waals surface area contributed by atoms with Crippen molar-refractivity contribution in [3.05, 3.63) is 23.2 Å². The van der Waals surface area contributed by atoms with Crippen molar-refractivity contribution in [3.8, 4) is 0 Å². The highest BCUT2D eigenvalue weighted by atomic mass is 35.5. The van der Waals surface area contributed by atoms with Crippen molar-refractivity contribution >= 4 is 52.1 Å². The number of rotatable bonds is 3. The molecular weight excluding hydrogens is 322 g/mol. The van der Waals surface area contributed by atoms with Gasteiger partial charge in [0.15, 0.2) is 5.11 Å². The first kappa shape index (κ1) is 18.4. The van der Waals surface area contributed by atoms with Crippen molar-refractivity contribution in [3.63, 3.8) is 0 Å². The summed E-state index contributed by atoms with van der Waals surface area (Å²) in [5.74, 6) is -0.298. The third-order valence-corrected chi connectivity index (χ3v) is 3.26. The van der Waals surface area contributed by atoms with Crippen LogP contribution in [0.3, 0.4) is 0 Å². The number of hydrogen-bond donors (Lipinski definition) is 3. The first-order chi connectivity index (χ1) is 10.1. The maximum absolute atomic E-state index is 11.9. The summed E-state index contributed by atoms with van der Waals surface area (Å²) in [6.45, 7) is 7.14. The van der Waals surface area contributed by atoms with Crippen molar-refractivity contribution < 1.29 is 9.59 Å². The molecule has 0 saturated carbocycles. The summed E-state index contributed by atoms with van der Waals surface area (Å²) in [5.41, 5.74) is 0.561. The second-order valence-electron chi connectivity index (χ2n) is 5.75. The molecule has 0 saturated heterocycles. The molecule has 1 aromatic rings. The van der Waals surface area contributed by atoms with Crippen LogP contribution in [0.4, 0.5) is 11.4 Å². The molecule has 0 aromatic heterocycles. The molecule has 0 fully saturated rings. The lowest BCUT2D eigenvalue weighted by Crippen LogP contribution is -2.41. The number of halogens is 1. The second kappa shape index (κ2) is 7.56. The van der Waals surface area contributed by atoms with Crippen molar-refractivity contribution in [1.82, 2.24) is 5.32 Å². The van der Waals surface area contributed by atoms with Gasteiger partial charge in [-0.05, 0) is 30.4 Å². The Balaban J connectivity index is 2.80. The number of nitrogens with one attached hydrogen (secondary N) is 3. The minimum Gasteiger partial charge on any atom is -0.331 e. The fraction of sp³-hybridized carbons (Fsp3) is 0.400. The predicted molar refractivity (Wildman–Crippen MR) is 94.2 cm³/mol. The van der Waals surface area contributed by atoms with Gasteiger partial charge in [-0.3, -0.25) is 9.59 Å². The standard InChI is InChI=1S/C15H20ClN3O2S/c1-5-12(20)17-9-6-7-10(16)11(8-9)18-14(22)19-13(21)15(2,3)4/h6-8H,5H2,1-4H3,(H,17,20)(H2,18,19,21,22). The summed E-state index contributed by atoms with van der Waals surface area (Å²) in [6.07, 6.45) is 0.380. The van der Waals surface area contributed by atoms with Gasteiger partial charge in [0.1, 0.15) is 0 Å². The predicted octanol–water partition coefficient (Wildman–Crippen LogP) is 3.55. The third kappa shape index (κ3) is 5.61. The fourth-order valence-electron chi connectivity index (χ4n) is 1.39. The van der Waals surface area contributed by atoms with Gasteiger partial charge in [0.2, 0.25) is 11.8 Å². The zero-order valence-corrected chi connectivity index (χ0v) is 14.6. The van der Waals surface area contributed by atoms with Gasteiger partial charge >= 0.3 is 0 Å². The lowest BCUT2D eigenvalue weighted by Gasteiger charge is -2.19. The van der Waals surface area contributed by atoms with E-state index in [1.165, 1.54) is 0 Å². The molecule has 2 amide bonds. The van der Waals surface area contributed by atoms with E-state index in [1.807, 2.05) is 0 Å². The van der Waals surface area contributed by atoms with Crippen LogP contribution in [0.1, 0.15) is 34.1 Å². The quantitative estimate of drug-likeness (QED) is 0.735. The molecule has 3 N–H and O–H groups in total. The van der Waals surface area contributed by atoms with Crippen LogP contribution in [0.15, 0.2) is 18.2 Å². The summed E-state index contributed by atoms with van der Waals surface area (Å²) in [4.78, 5) is 23.3. The van der Waals surface area contributed by atoms with Gasteiger partial charge in [0.05, 0.1) is 10.7 Å². The van der Waals surface area contributed by atoms with Gasteiger partial charge in [-0.25, -0.2) is 0 Å². The number of thiocarbonyl (C=S) groups is 1. The van der Waals surface area contributed by atoms with Crippen LogP contribution in [-0.4, -0.2) is 16.9 Å². The Morgan fingerprint density at radius 2 is 1.86 bits per heavy atom. The van der Waals surface area contributed by atoms with E-state index in [2.05, 4.69) is 16.0 Å². The highest BCUT2D eigenvalue weighted by molar-refractivity contribution is 7.80. The molecule has 0 bridgehead atoms. The Morgan fingerprint density at radius 1 is 1.23 bits per heavy atom. The zero-order chi connectivity index (χ0) is 16.9. The van der Waals surface area contributed by atoms with Crippen molar-refractivity contribution in [1.29, 1.82) is 0 Å². The number of amides is 2. The Hall–Kier alpha value is -1.66. The molecule has 0 radical (unpaired) electrons. The summed E-state index contributed by atoms with van der Waals surface area (Å²) in [5, 5.41) is 8.78. The lowest BCUT2D eigenvalue weighted by atomic mass is 9.96. The molecule has 0 atom stereocenters. The molecule has 1 aromatic carbocycles. The summed E-state index contributed by atoms with van der Waals surface area (Å²) < 4.78 is 0. The van der Waals surface area contributed by atoms with E-state index in [9.17, 15) is 9.59 Å². The monoisotopic (exact) mass is 341 g/mol. The Labute approximate surface area is 140 Å². The molecule has 0 heterocycles. The third-order valence-electron chi connectivity index (χ3n) is 2.73. The second-order valence-corrected chi connectivity index (χ2v) is 6.57. The molecule has 0 unspecified atom stereocenters. The van der Waals surface area contributed by atoms with E-state index in [0.717, 1.165) is 0 Å². The minimum absolute atomic E-state index is 0.100.